The van der Waals surface area contributed by atoms with E-state index in [4.69, 9.17) is 4.42 Å². The molecule has 0 saturated carbocycles. The van der Waals surface area contributed by atoms with Crippen LogP contribution in [0.1, 0.15) is 30.0 Å². The average Bonchev–Trinajstić information content (AvgIpc) is 3.51. The molecule has 0 fully saturated rings. The number of furan rings is 1. The molecule has 182 valence electrons. The Bertz CT molecular complexity index is 1440. The number of likely N-dealkylation sites (N-methyl/N-ethyl adjacent to an activating group) is 1. The molecule has 4 aromatic rings. The Morgan fingerprint density at radius 2 is 2.03 bits per heavy atom. The molecule has 0 bridgehead atoms. The summed E-state index contributed by atoms with van der Waals surface area (Å²) in [5, 5.41) is 12.3. The van der Waals surface area contributed by atoms with Gasteiger partial charge in [0.15, 0.2) is 16.6 Å². The Morgan fingerprint density at radius 3 is 2.74 bits per heavy atom. The van der Waals surface area contributed by atoms with E-state index >= 15 is 0 Å². The SMILES string of the molecule is CNC(=O)[C@@H](NC(=O)c1ccc(-c2ccc(CSc3nc4[nH]ncc4c(=O)[nH]3)c(F)c2)o1)C(C)C. The maximum absolute atomic E-state index is 14.8. The first-order valence-electron chi connectivity index (χ1n) is 10.7. The van der Waals surface area contributed by atoms with Crippen molar-refractivity contribution in [2.45, 2.75) is 30.8 Å². The van der Waals surface area contributed by atoms with Gasteiger partial charge in [-0.05, 0) is 29.7 Å². The molecule has 0 unspecified atom stereocenters. The maximum Gasteiger partial charge on any atom is 0.287 e. The average molecular weight is 499 g/mol. The molecule has 4 N–H and O–H groups in total. The molecule has 0 spiro atoms. The topological polar surface area (TPSA) is 146 Å². The third kappa shape index (κ3) is 5.27. The summed E-state index contributed by atoms with van der Waals surface area (Å²) >= 11 is 1.18. The highest BCUT2D eigenvalue weighted by Crippen LogP contribution is 2.27. The first-order chi connectivity index (χ1) is 16.8. The molecule has 0 aliphatic carbocycles. The number of aromatic amines is 2. The maximum atomic E-state index is 14.8. The van der Waals surface area contributed by atoms with Crippen LogP contribution in [-0.4, -0.2) is 45.1 Å². The van der Waals surface area contributed by atoms with Gasteiger partial charge < -0.3 is 20.0 Å². The molecule has 0 aliphatic rings. The van der Waals surface area contributed by atoms with Crippen molar-refractivity contribution in [3.63, 3.8) is 0 Å². The molecule has 1 atom stereocenters. The molecule has 4 rings (SSSR count). The van der Waals surface area contributed by atoms with E-state index in [2.05, 4.69) is 30.8 Å². The van der Waals surface area contributed by atoms with Gasteiger partial charge in [-0.1, -0.05) is 37.7 Å². The van der Waals surface area contributed by atoms with Crippen molar-refractivity contribution in [3.05, 3.63) is 64.0 Å². The second kappa shape index (κ2) is 10.1. The fourth-order valence-corrected chi connectivity index (χ4v) is 4.22. The largest absolute Gasteiger partial charge is 0.451 e. The molecule has 10 nitrogen and oxygen atoms in total. The van der Waals surface area contributed by atoms with Crippen LogP contribution in [0.15, 0.2) is 50.9 Å². The molecule has 0 radical (unpaired) electrons. The highest BCUT2D eigenvalue weighted by atomic mass is 32.2. The van der Waals surface area contributed by atoms with Crippen molar-refractivity contribution in [2.24, 2.45) is 5.92 Å². The van der Waals surface area contributed by atoms with Crippen LogP contribution < -0.4 is 16.2 Å². The lowest BCUT2D eigenvalue weighted by Crippen LogP contribution is -2.48. The lowest BCUT2D eigenvalue weighted by atomic mass is 10.0. The van der Waals surface area contributed by atoms with E-state index < -0.39 is 17.8 Å². The minimum Gasteiger partial charge on any atom is -0.451 e. The number of amides is 2. The molecule has 12 heteroatoms. The van der Waals surface area contributed by atoms with Gasteiger partial charge in [0.1, 0.15) is 23.0 Å². The Balaban J connectivity index is 1.45. The van der Waals surface area contributed by atoms with Gasteiger partial charge in [-0.3, -0.25) is 19.5 Å². The van der Waals surface area contributed by atoms with Gasteiger partial charge in [-0.2, -0.15) is 5.10 Å². The van der Waals surface area contributed by atoms with Gasteiger partial charge in [-0.15, -0.1) is 0 Å². The third-order valence-corrected chi connectivity index (χ3v) is 6.23. The van der Waals surface area contributed by atoms with Crippen molar-refractivity contribution < 1.29 is 18.4 Å². The quantitative estimate of drug-likeness (QED) is 0.216. The van der Waals surface area contributed by atoms with E-state index in [1.165, 1.54) is 37.1 Å². The summed E-state index contributed by atoms with van der Waals surface area (Å²) in [6, 6.07) is 6.92. The number of thioether (sulfide) groups is 1. The summed E-state index contributed by atoms with van der Waals surface area (Å²) < 4.78 is 20.4. The number of halogens is 1. The van der Waals surface area contributed by atoms with Crippen LogP contribution in [-0.2, 0) is 10.5 Å². The molecule has 3 heterocycles. The van der Waals surface area contributed by atoms with Crippen LogP contribution in [0.4, 0.5) is 4.39 Å². The summed E-state index contributed by atoms with van der Waals surface area (Å²) in [6.45, 7) is 3.64. The van der Waals surface area contributed by atoms with E-state index in [0.717, 1.165) is 0 Å². The number of carbonyl (C=O) groups excluding carboxylic acids is 2. The first-order valence-corrected chi connectivity index (χ1v) is 11.7. The van der Waals surface area contributed by atoms with E-state index in [1.54, 1.807) is 18.2 Å². The molecule has 3 aromatic heterocycles. The molecular formula is C23H23FN6O4S. The van der Waals surface area contributed by atoms with E-state index in [1.807, 2.05) is 13.8 Å². The van der Waals surface area contributed by atoms with Gasteiger partial charge in [0.25, 0.3) is 11.5 Å². The predicted molar refractivity (Wildman–Crippen MR) is 128 cm³/mol. The van der Waals surface area contributed by atoms with Crippen LogP contribution in [0.25, 0.3) is 22.4 Å². The number of carbonyl (C=O) groups is 2. The number of hydrogen-bond donors (Lipinski definition) is 4. The van der Waals surface area contributed by atoms with E-state index in [9.17, 15) is 18.8 Å². The number of fused-ring (bicyclic) bond motifs is 1. The zero-order valence-corrected chi connectivity index (χ0v) is 20.0. The minimum absolute atomic E-state index is 0.0128. The van der Waals surface area contributed by atoms with E-state index in [0.29, 0.717) is 33.1 Å². The molecule has 35 heavy (non-hydrogen) atoms. The molecule has 1 aromatic carbocycles. The van der Waals surface area contributed by atoms with Crippen molar-refractivity contribution in [3.8, 4) is 11.3 Å². The lowest BCUT2D eigenvalue weighted by Gasteiger charge is -2.19. The highest BCUT2D eigenvalue weighted by molar-refractivity contribution is 7.98. The molecule has 0 aliphatic heterocycles. The summed E-state index contributed by atoms with van der Waals surface area (Å²) in [5.74, 6) is -0.883. The Hall–Kier alpha value is -3.93. The summed E-state index contributed by atoms with van der Waals surface area (Å²) in [6.07, 6.45) is 1.39. The van der Waals surface area contributed by atoms with Gasteiger partial charge in [0.05, 0.1) is 6.20 Å². The summed E-state index contributed by atoms with van der Waals surface area (Å²) in [7, 11) is 1.50. The van der Waals surface area contributed by atoms with Crippen LogP contribution >= 0.6 is 11.8 Å². The van der Waals surface area contributed by atoms with E-state index in [-0.39, 0.29) is 28.9 Å². The van der Waals surface area contributed by atoms with Gasteiger partial charge in [0.2, 0.25) is 5.91 Å². The second-order valence-corrected chi connectivity index (χ2v) is 9.04. The van der Waals surface area contributed by atoms with Crippen LogP contribution in [0.3, 0.4) is 0 Å². The Labute approximate surface area is 203 Å². The normalized spacial score (nSPS) is 12.1. The third-order valence-electron chi connectivity index (χ3n) is 5.31. The number of benzene rings is 1. The standard InChI is InChI=1S/C23H23FN6O4S/c1-11(2)18(22(33)25-3)27-21(32)17-7-6-16(34-17)12-4-5-13(15(24)8-12)10-35-23-28-19-14(9-26-30-19)20(31)29-23/h4-9,11,18H,10H2,1-3H3,(H,25,33)(H,27,32)(H2,26,28,29,30,31)/t18-/m0/s1. The molecule has 2 amide bonds. The van der Waals surface area contributed by atoms with Crippen LogP contribution in [0.5, 0.6) is 0 Å². The predicted octanol–water partition coefficient (Wildman–Crippen LogP) is 2.84. The number of rotatable bonds is 8. The van der Waals surface area contributed by atoms with Crippen molar-refractivity contribution in [2.75, 3.05) is 7.05 Å². The monoisotopic (exact) mass is 498 g/mol. The summed E-state index contributed by atoms with van der Waals surface area (Å²) in [5.41, 5.74) is 0.892. The number of aromatic nitrogens is 4. The second-order valence-electron chi connectivity index (χ2n) is 8.07. The number of H-pyrrole nitrogens is 2. The Kier molecular flexibility index (Phi) is 7.01. The zero-order valence-electron chi connectivity index (χ0n) is 19.1. The zero-order chi connectivity index (χ0) is 25.1. The smallest absolute Gasteiger partial charge is 0.287 e. The molecular weight excluding hydrogens is 475 g/mol. The van der Waals surface area contributed by atoms with Crippen LogP contribution in [0.2, 0.25) is 0 Å². The Morgan fingerprint density at radius 1 is 1.23 bits per heavy atom. The fourth-order valence-electron chi connectivity index (χ4n) is 3.37. The van der Waals surface area contributed by atoms with Gasteiger partial charge in [-0.25, -0.2) is 9.37 Å². The highest BCUT2D eigenvalue weighted by Gasteiger charge is 2.25. The van der Waals surface area contributed by atoms with Gasteiger partial charge in [0, 0.05) is 18.4 Å². The number of nitrogens with zero attached hydrogens (tertiary/aromatic N) is 2. The summed E-state index contributed by atoms with van der Waals surface area (Å²) in [4.78, 5) is 43.5. The van der Waals surface area contributed by atoms with Crippen molar-refractivity contribution >= 4 is 34.6 Å². The van der Waals surface area contributed by atoms with Crippen molar-refractivity contribution in [1.29, 1.82) is 0 Å². The van der Waals surface area contributed by atoms with Crippen molar-refractivity contribution in [1.82, 2.24) is 30.8 Å². The molecule has 0 saturated heterocycles. The van der Waals surface area contributed by atoms with Gasteiger partial charge >= 0.3 is 0 Å². The number of hydrogen-bond acceptors (Lipinski definition) is 7. The lowest BCUT2D eigenvalue weighted by molar-refractivity contribution is -0.123. The van der Waals surface area contributed by atoms with Crippen LogP contribution in [0, 0.1) is 11.7 Å². The first kappa shape index (κ1) is 24.2. The minimum atomic E-state index is -0.714. The fraction of sp³-hybridized carbons (Fsp3) is 0.261. The number of nitrogens with one attached hydrogen (secondary N) is 4.